The zero-order valence-electron chi connectivity index (χ0n) is 20.0. The van der Waals surface area contributed by atoms with Gasteiger partial charge in [-0.25, -0.2) is 4.79 Å². The van der Waals surface area contributed by atoms with Crippen LogP contribution in [0.3, 0.4) is 0 Å². The number of hydrogen-bond donors (Lipinski definition) is 1. The number of methoxy groups -OCH3 is 3. The highest BCUT2D eigenvalue weighted by Crippen LogP contribution is 2.40. The molecule has 1 aliphatic heterocycles. The van der Waals surface area contributed by atoms with Crippen LogP contribution in [0.4, 0.5) is 11.5 Å². The third kappa shape index (κ3) is 4.64. The molecule has 1 atom stereocenters. The summed E-state index contributed by atoms with van der Waals surface area (Å²) >= 11 is 0. The van der Waals surface area contributed by atoms with Gasteiger partial charge in [0.15, 0.2) is 11.5 Å². The highest BCUT2D eigenvalue weighted by molar-refractivity contribution is 5.94. The van der Waals surface area contributed by atoms with Crippen molar-refractivity contribution in [3.05, 3.63) is 46.9 Å². The van der Waals surface area contributed by atoms with E-state index in [4.69, 9.17) is 14.2 Å². The Labute approximate surface area is 198 Å². The van der Waals surface area contributed by atoms with Crippen LogP contribution in [0.5, 0.6) is 17.2 Å². The van der Waals surface area contributed by atoms with Gasteiger partial charge in [0.1, 0.15) is 12.4 Å². The van der Waals surface area contributed by atoms with Gasteiger partial charge in [-0.15, -0.1) is 0 Å². The van der Waals surface area contributed by atoms with Gasteiger partial charge in [-0.3, -0.25) is 9.36 Å². The zero-order valence-corrected chi connectivity index (χ0v) is 20.0. The first-order valence-electron chi connectivity index (χ1n) is 11.3. The smallest absolute Gasteiger partial charge is 0.350 e. The normalized spacial score (nSPS) is 15.8. The molecule has 2 aromatic carbocycles. The van der Waals surface area contributed by atoms with Crippen molar-refractivity contribution < 1.29 is 19.0 Å². The topological polar surface area (TPSA) is 94.9 Å². The SMILES string of the molecule is COc1cc(NC(=O)Cn2c(=O)nc(N3CCC[C@@H](C)C3)c3ccccc32)cc(OC)c1OC. The summed E-state index contributed by atoms with van der Waals surface area (Å²) in [5.74, 6) is 2.12. The summed E-state index contributed by atoms with van der Waals surface area (Å²) in [6.07, 6.45) is 2.24. The Morgan fingerprint density at radius 1 is 1.12 bits per heavy atom. The predicted octanol–water partition coefficient (Wildman–Crippen LogP) is 3.30. The molecule has 0 radical (unpaired) electrons. The Bertz CT molecular complexity index is 1230. The van der Waals surface area contributed by atoms with E-state index >= 15 is 0 Å². The average Bonchev–Trinajstić information content (AvgIpc) is 2.84. The molecule has 9 heteroatoms. The second-order valence-corrected chi connectivity index (χ2v) is 8.48. The van der Waals surface area contributed by atoms with Gasteiger partial charge < -0.3 is 24.4 Å². The molecule has 180 valence electrons. The molecular formula is C25H30N4O5. The van der Waals surface area contributed by atoms with E-state index in [1.54, 1.807) is 12.1 Å². The van der Waals surface area contributed by atoms with E-state index in [0.29, 0.717) is 40.2 Å². The molecule has 3 aromatic rings. The fourth-order valence-corrected chi connectivity index (χ4v) is 4.49. The predicted molar refractivity (Wildman–Crippen MR) is 131 cm³/mol. The Balaban J connectivity index is 1.64. The number of carbonyl (C=O) groups is 1. The van der Waals surface area contributed by atoms with Crippen LogP contribution in [0.1, 0.15) is 19.8 Å². The van der Waals surface area contributed by atoms with Crippen molar-refractivity contribution in [2.45, 2.75) is 26.3 Å². The minimum Gasteiger partial charge on any atom is -0.493 e. The molecule has 1 fully saturated rings. The quantitative estimate of drug-likeness (QED) is 0.571. The third-order valence-corrected chi connectivity index (χ3v) is 6.07. The van der Waals surface area contributed by atoms with Crippen molar-refractivity contribution in [2.24, 2.45) is 5.92 Å². The van der Waals surface area contributed by atoms with Crippen LogP contribution in [0, 0.1) is 5.92 Å². The second kappa shape index (κ2) is 10.0. The lowest BCUT2D eigenvalue weighted by Gasteiger charge is -2.32. The van der Waals surface area contributed by atoms with E-state index in [2.05, 4.69) is 22.1 Å². The number of aromatic nitrogens is 2. The standard InChI is InChI=1S/C25H30N4O5/c1-16-8-7-11-28(14-16)24-18-9-5-6-10-19(18)29(25(31)27-24)15-22(30)26-17-12-20(32-2)23(34-4)21(13-17)33-3/h5-6,9-10,12-13,16H,7-8,11,14-15H2,1-4H3,(H,26,30)/t16-/m1/s1. The molecule has 1 aliphatic rings. The molecule has 1 saturated heterocycles. The molecule has 0 spiro atoms. The fourth-order valence-electron chi connectivity index (χ4n) is 4.49. The summed E-state index contributed by atoms with van der Waals surface area (Å²) in [6, 6.07) is 10.9. The van der Waals surface area contributed by atoms with E-state index in [-0.39, 0.29) is 12.5 Å². The molecule has 0 saturated carbocycles. The molecule has 1 aromatic heterocycles. The van der Waals surface area contributed by atoms with Crippen LogP contribution in [-0.2, 0) is 11.3 Å². The lowest BCUT2D eigenvalue weighted by atomic mass is 10.00. The fraction of sp³-hybridized carbons (Fsp3) is 0.400. The minimum atomic E-state index is -0.452. The Kier molecular flexibility index (Phi) is 6.90. The Hall–Kier alpha value is -3.75. The molecule has 0 aliphatic carbocycles. The van der Waals surface area contributed by atoms with Crippen LogP contribution in [-0.4, -0.2) is 49.9 Å². The van der Waals surface area contributed by atoms with Crippen LogP contribution >= 0.6 is 0 Å². The maximum atomic E-state index is 13.0. The molecule has 1 N–H and O–H groups in total. The number of fused-ring (bicyclic) bond motifs is 1. The van der Waals surface area contributed by atoms with Crippen molar-refractivity contribution in [1.82, 2.24) is 9.55 Å². The summed E-state index contributed by atoms with van der Waals surface area (Å²) in [5.41, 5.74) is 0.687. The van der Waals surface area contributed by atoms with Crippen LogP contribution in [0.2, 0.25) is 0 Å². The number of nitrogens with zero attached hydrogens (tertiary/aromatic N) is 3. The van der Waals surface area contributed by atoms with Gasteiger partial charge in [0.05, 0.1) is 26.8 Å². The summed E-state index contributed by atoms with van der Waals surface area (Å²) in [6.45, 7) is 3.76. The lowest BCUT2D eigenvalue weighted by Crippen LogP contribution is -2.38. The monoisotopic (exact) mass is 466 g/mol. The summed E-state index contributed by atoms with van der Waals surface area (Å²) in [7, 11) is 4.52. The number of amides is 1. The van der Waals surface area contributed by atoms with Crippen molar-refractivity contribution in [3.63, 3.8) is 0 Å². The van der Waals surface area contributed by atoms with E-state index in [1.807, 2.05) is 24.3 Å². The van der Waals surface area contributed by atoms with Gasteiger partial charge in [0, 0.05) is 36.3 Å². The maximum absolute atomic E-state index is 13.0. The zero-order chi connectivity index (χ0) is 24.2. The lowest BCUT2D eigenvalue weighted by molar-refractivity contribution is -0.116. The van der Waals surface area contributed by atoms with Gasteiger partial charge in [0.25, 0.3) is 0 Å². The molecule has 34 heavy (non-hydrogen) atoms. The van der Waals surface area contributed by atoms with Crippen LogP contribution < -0.4 is 30.1 Å². The molecule has 9 nitrogen and oxygen atoms in total. The number of piperidine rings is 1. The minimum absolute atomic E-state index is 0.181. The van der Waals surface area contributed by atoms with Crippen LogP contribution in [0.25, 0.3) is 10.9 Å². The number of anilines is 2. The van der Waals surface area contributed by atoms with Crippen molar-refractivity contribution in [1.29, 1.82) is 0 Å². The van der Waals surface area contributed by atoms with Crippen LogP contribution in [0.15, 0.2) is 41.2 Å². The number of ether oxygens (including phenoxy) is 3. The van der Waals surface area contributed by atoms with Crippen molar-refractivity contribution >= 4 is 28.3 Å². The number of nitrogens with one attached hydrogen (secondary N) is 1. The molecule has 0 unspecified atom stereocenters. The summed E-state index contributed by atoms with van der Waals surface area (Å²) in [4.78, 5) is 32.6. The van der Waals surface area contributed by atoms with Crippen molar-refractivity contribution in [3.8, 4) is 17.2 Å². The number of para-hydroxylation sites is 1. The highest BCUT2D eigenvalue weighted by Gasteiger charge is 2.22. The molecule has 2 heterocycles. The second-order valence-electron chi connectivity index (χ2n) is 8.48. The number of rotatable bonds is 7. The number of benzene rings is 2. The van der Waals surface area contributed by atoms with E-state index in [1.165, 1.54) is 32.3 Å². The van der Waals surface area contributed by atoms with E-state index in [0.717, 1.165) is 24.9 Å². The first-order valence-corrected chi connectivity index (χ1v) is 11.3. The number of hydrogen-bond acceptors (Lipinski definition) is 7. The van der Waals surface area contributed by atoms with Gasteiger partial charge in [0.2, 0.25) is 11.7 Å². The average molecular weight is 467 g/mol. The van der Waals surface area contributed by atoms with Gasteiger partial charge in [-0.2, -0.15) is 4.98 Å². The number of carbonyl (C=O) groups excluding carboxylic acids is 1. The van der Waals surface area contributed by atoms with Crippen molar-refractivity contribution in [2.75, 3.05) is 44.6 Å². The molecule has 1 amide bonds. The first-order chi connectivity index (χ1) is 16.4. The Morgan fingerprint density at radius 2 is 1.82 bits per heavy atom. The van der Waals surface area contributed by atoms with E-state index < -0.39 is 5.69 Å². The summed E-state index contributed by atoms with van der Waals surface area (Å²) < 4.78 is 17.4. The molecule has 4 rings (SSSR count). The first kappa shape index (κ1) is 23.4. The molecule has 0 bridgehead atoms. The van der Waals surface area contributed by atoms with E-state index in [9.17, 15) is 9.59 Å². The highest BCUT2D eigenvalue weighted by atomic mass is 16.5. The third-order valence-electron chi connectivity index (χ3n) is 6.07. The van der Waals surface area contributed by atoms with Gasteiger partial charge in [-0.1, -0.05) is 19.1 Å². The Morgan fingerprint density at radius 3 is 2.47 bits per heavy atom. The molecular weight excluding hydrogens is 436 g/mol. The summed E-state index contributed by atoms with van der Waals surface area (Å²) in [5, 5.41) is 3.67. The van der Waals surface area contributed by atoms with Gasteiger partial charge in [-0.05, 0) is 30.9 Å². The maximum Gasteiger partial charge on any atom is 0.350 e. The largest absolute Gasteiger partial charge is 0.493 e. The van der Waals surface area contributed by atoms with Gasteiger partial charge >= 0.3 is 5.69 Å².